The third-order valence-electron chi connectivity index (χ3n) is 2.14. The fourth-order valence-corrected chi connectivity index (χ4v) is 2.25. The number of likely N-dealkylation sites (N-methyl/N-ethyl adjacent to an activating group) is 1. The fourth-order valence-electron chi connectivity index (χ4n) is 1.28. The smallest absolute Gasteiger partial charge is 0.264 e. The van der Waals surface area contributed by atoms with Gasteiger partial charge in [0.2, 0.25) is 0 Å². The molecule has 1 aromatic heterocycles. The molecule has 2 rings (SSSR count). The maximum Gasteiger partial charge on any atom is 0.264 e. The molecule has 0 aliphatic carbocycles. The largest absolute Gasteiger partial charge is 0.472 e. The van der Waals surface area contributed by atoms with E-state index in [1.54, 1.807) is 23.3 Å². The average Bonchev–Trinajstić information content (AvgIpc) is 2.55. The molecule has 0 N–H and O–H groups in total. The van der Waals surface area contributed by atoms with Gasteiger partial charge >= 0.3 is 0 Å². The van der Waals surface area contributed by atoms with Crippen LogP contribution >= 0.6 is 11.3 Å². The third kappa shape index (κ3) is 1.31. The van der Waals surface area contributed by atoms with Gasteiger partial charge in [0.15, 0.2) is 11.7 Å². The highest BCUT2D eigenvalue weighted by Gasteiger charge is 2.24. The van der Waals surface area contributed by atoms with Crippen molar-refractivity contribution >= 4 is 22.9 Å². The highest BCUT2D eigenvalue weighted by molar-refractivity contribution is 7.14. The summed E-state index contributed by atoms with van der Waals surface area (Å²) in [5.41, 5.74) is 0.915. The maximum atomic E-state index is 11.3. The van der Waals surface area contributed by atoms with E-state index in [9.17, 15) is 4.79 Å². The first-order valence-corrected chi connectivity index (χ1v) is 5.06. The number of carbonyl (C=O) groups is 1. The van der Waals surface area contributed by atoms with Gasteiger partial charge in [0.25, 0.3) is 5.91 Å². The van der Waals surface area contributed by atoms with Crippen molar-refractivity contribution in [2.75, 3.05) is 18.6 Å². The van der Waals surface area contributed by atoms with Crippen LogP contribution < -0.4 is 9.64 Å². The molecule has 0 radical (unpaired) electrons. The van der Waals surface area contributed by atoms with E-state index in [4.69, 9.17) is 4.74 Å². The van der Waals surface area contributed by atoms with Crippen LogP contribution in [0.4, 0.5) is 5.69 Å². The number of nitrogens with zero attached hydrogens (tertiary/aromatic N) is 1. The molecular formula is C9H11NO2S. The second-order valence-corrected chi connectivity index (χ2v) is 4.08. The van der Waals surface area contributed by atoms with Gasteiger partial charge in [0, 0.05) is 11.9 Å². The van der Waals surface area contributed by atoms with Gasteiger partial charge in [-0.25, -0.2) is 0 Å². The number of fused-ring (bicyclic) bond motifs is 1. The molecule has 0 fully saturated rings. The van der Waals surface area contributed by atoms with Crippen LogP contribution in [-0.4, -0.2) is 19.6 Å². The van der Waals surface area contributed by atoms with Crippen LogP contribution in [0.2, 0.25) is 0 Å². The van der Waals surface area contributed by atoms with E-state index in [-0.39, 0.29) is 12.5 Å². The van der Waals surface area contributed by atoms with Crippen molar-refractivity contribution in [3.05, 3.63) is 10.9 Å². The minimum Gasteiger partial charge on any atom is -0.472 e. The Morgan fingerprint density at radius 3 is 3.15 bits per heavy atom. The molecule has 0 unspecified atom stereocenters. The van der Waals surface area contributed by atoms with Gasteiger partial charge in [-0.3, -0.25) is 4.79 Å². The molecule has 1 aliphatic rings. The highest BCUT2D eigenvalue weighted by atomic mass is 32.1. The minimum atomic E-state index is 0.0213. The number of rotatable bonds is 1. The van der Waals surface area contributed by atoms with Crippen molar-refractivity contribution in [1.82, 2.24) is 0 Å². The van der Waals surface area contributed by atoms with Gasteiger partial charge in [-0.15, -0.1) is 11.3 Å². The van der Waals surface area contributed by atoms with Gasteiger partial charge in [-0.05, 0) is 12.5 Å². The number of anilines is 1. The summed E-state index contributed by atoms with van der Waals surface area (Å²) in [4.78, 5) is 14.2. The van der Waals surface area contributed by atoms with Crippen LogP contribution in [-0.2, 0) is 11.2 Å². The Hall–Kier alpha value is -1.03. The Morgan fingerprint density at radius 2 is 2.46 bits per heavy atom. The molecule has 1 aromatic rings. The predicted molar refractivity (Wildman–Crippen MR) is 52.6 cm³/mol. The average molecular weight is 197 g/mol. The monoisotopic (exact) mass is 197 g/mol. The molecule has 0 spiro atoms. The lowest BCUT2D eigenvalue weighted by atomic mass is 10.3. The molecule has 0 saturated carbocycles. The van der Waals surface area contributed by atoms with E-state index in [0.29, 0.717) is 0 Å². The lowest BCUT2D eigenvalue weighted by molar-refractivity contribution is -0.120. The summed E-state index contributed by atoms with van der Waals surface area (Å²) >= 11 is 1.62. The molecule has 13 heavy (non-hydrogen) atoms. The van der Waals surface area contributed by atoms with Crippen molar-refractivity contribution in [3.8, 4) is 5.06 Å². The Bertz CT molecular complexity index is 345. The number of ether oxygens (including phenoxy) is 1. The van der Waals surface area contributed by atoms with Crippen molar-refractivity contribution in [2.45, 2.75) is 13.3 Å². The quantitative estimate of drug-likeness (QED) is 0.685. The van der Waals surface area contributed by atoms with E-state index in [0.717, 1.165) is 17.2 Å². The lowest BCUT2D eigenvalue weighted by Gasteiger charge is -2.22. The fraction of sp³-hybridized carbons (Fsp3) is 0.444. The van der Waals surface area contributed by atoms with Crippen molar-refractivity contribution in [2.24, 2.45) is 0 Å². The Labute approximate surface area is 80.9 Å². The summed E-state index contributed by atoms with van der Waals surface area (Å²) in [6, 6.07) is 2.02. The predicted octanol–water partition coefficient (Wildman–Crippen LogP) is 1.67. The molecule has 0 saturated heterocycles. The molecule has 0 atom stereocenters. The van der Waals surface area contributed by atoms with Gasteiger partial charge in [0.05, 0.1) is 5.69 Å². The number of thiophene rings is 1. The van der Waals surface area contributed by atoms with Gasteiger partial charge in [-0.2, -0.15) is 0 Å². The van der Waals surface area contributed by atoms with Crippen molar-refractivity contribution in [1.29, 1.82) is 0 Å². The first kappa shape index (κ1) is 8.56. The summed E-state index contributed by atoms with van der Waals surface area (Å²) in [6.07, 6.45) is 0.989. The first-order valence-electron chi connectivity index (χ1n) is 4.24. The maximum absolute atomic E-state index is 11.3. The summed E-state index contributed by atoms with van der Waals surface area (Å²) in [7, 11) is 1.79. The van der Waals surface area contributed by atoms with Gasteiger partial charge in [-0.1, -0.05) is 6.92 Å². The van der Waals surface area contributed by atoms with Gasteiger partial charge < -0.3 is 9.64 Å². The van der Waals surface area contributed by atoms with Crippen LogP contribution in [0.15, 0.2) is 6.07 Å². The topological polar surface area (TPSA) is 29.5 Å². The highest BCUT2D eigenvalue weighted by Crippen LogP contribution is 2.39. The van der Waals surface area contributed by atoms with Crippen LogP contribution in [0.1, 0.15) is 11.8 Å². The van der Waals surface area contributed by atoms with E-state index in [2.05, 4.69) is 6.92 Å². The Kier molecular flexibility index (Phi) is 2.00. The number of amides is 1. The first-order chi connectivity index (χ1) is 6.22. The normalized spacial score (nSPS) is 15.5. The second-order valence-electron chi connectivity index (χ2n) is 2.98. The van der Waals surface area contributed by atoms with Gasteiger partial charge in [0.1, 0.15) is 0 Å². The van der Waals surface area contributed by atoms with E-state index < -0.39 is 0 Å². The molecule has 2 heterocycles. The molecule has 0 aromatic carbocycles. The SMILES string of the molecule is CCc1cc2c(s1)OCC(=O)N2C. The van der Waals surface area contributed by atoms with E-state index >= 15 is 0 Å². The molecule has 0 bridgehead atoms. The van der Waals surface area contributed by atoms with Crippen LogP contribution in [0.3, 0.4) is 0 Å². The van der Waals surface area contributed by atoms with Crippen molar-refractivity contribution < 1.29 is 9.53 Å². The molecule has 3 nitrogen and oxygen atoms in total. The van der Waals surface area contributed by atoms with Crippen LogP contribution in [0.25, 0.3) is 0 Å². The third-order valence-corrected chi connectivity index (χ3v) is 3.32. The number of hydrogen-bond donors (Lipinski definition) is 0. The molecule has 1 aliphatic heterocycles. The molecule has 1 amide bonds. The Balaban J connectivity index is 2.41. The van der Waals surface area contributed by atoms with Crippen molar-refractivity contribution in [3.63, 3.8) is 0 Å². The zero-order chi connectivity index (χ0) is 9.42. The Morgan fingerprint density at radius 1 is 1.69 bits per heavy atom. The summed E-state index contributed by atoms with van der Waals surface area (Å²) in [5.74, 6) is 0.0213. The van der Waals surface area contributed by atoms with E-state index in [1.807, 2.05) is 6.07 Å². The van der Waals surface area contributed by atoms with Crippen LogP contribution in [0.5, 0.6) is 5.06 Å². The summed E-state index contributed by atoms with van der Waals surface area (Å²) < 4.78 is 5.32. The summed E-state index contributed by atoms with van der Waals surface area (Å²) in [6.45, 7) is 2.27. The molecule has 70 valence electrons. The lowest BCUT2D eigenvalue weighted by Crippen LogP contribution is -2.34. The second kappa shape index (κ2) is 3.03. The zero-order valence-corrected chi connectivity index (χ0v) is 8.48. The zero-order valence-electron chi connectivity index (χ0n) is 7.66. The van der Waals surface area contributed by atoms with E-state index in [1.165, 1.54) is 4.88 Å². The number of carbonyl (C=O) groups excluding carboxylic acids is 1. The van der Waals surface area contributed by atoms with Crippen LogP contribution in [0, 0.1) is 0 Å². The molecular weight excluding hydrogens is 186 g/mol. The standard InChI is InChI=1S/C9H11NO2S/c1-3-6-4-7-9(13-6)12-5-8(11)10(7)2/h4H,3,5H2,1-2H3. The number of aryl methyl sites for hydroxylation is 1. The minimum absolute atomic E-state index is 0.0213. The number of hydrogen-bond acceptors (Lipinski definition) is 3. The molecule has 4 heteroatoms. The summed E-state index contributed by atoms with van der Waals surface area (Å²) in [5, 5.41) is 0.874.